The Morgan fingerprint density at radius 3 is 2.34 bits per heavy atom. The van der Waals surface area contributed by atoms with Gasteiger partial charge in [-0.1, -0.05) is 0 Å². The van der Waals surface area contributed by atoms with Crippen LogP contribution >= 0.6 is 0 Å². The minimum absolute atomic E-state index is 0.0809. The predicted molar refractivity (Wildman–Crippen MR) is 105 cm³/mol. The largest absolute Gasteiger partial charge is 0.493 e. The number of esters is 1. The minimum atomic E-state index is -1.06. The normalized spacial score (nSPS) is 11.1. The van der Waals surface area contributed by atoms with Gasteiger partial charge in [0.1, 0.15) is 6.29 Å². The Hall–Kier alpha value is -3.68. The first-order valence-corrected chi connectivity index (χ1v) is 8.71. The van der Waals surface area contributed by atoms with Gasteiger partial charge in [0.05, 0.1) is 7.11 Å². The van der Waals surface area contributed by atoms with E-state index in [9.17, 15) is 19.2 Å². The van der Waals surface area contributed by atoms with Gasteiger partial charge in [0.15, 0.2) is 30.0 Å². The van der Waals surface area contributed by atoms with E-state index in [0.717, 1.165) is 0 Å². The highest BCUT2D eigenvalue weighted by Crippen LogP contribution is 2.27. The molecule has 2 rings (SSSR count). The van der Waals surface area contributed by atoms with Crippen LogP contribution in [0.5, 0.6) is 11.5 Å². The van der Waals surface area contributed by atoms with Gasteiger partial charge in [0, 0.05) is 16.8 Å². The van der Waals surface area contributed by atoms with Crippen molar-refractivity contribution in [3.8, 4) is 11.5 Å². The highest BCUT2D eigenvalue weighted by Gasteiger charge is 2.19. The van der Waals surface area contributed by atoms with Crippen molar-refractivity contribution in [3.05, 3.63) is 53.6 Å². The number of carbonyl (C=O) groups excluding carboxylic acids is 4. The lowest BCUT2D eigenvalue weighted by Crippen LogP contribution is -2.31. The van der Waals surface area contributed by atoms with Gasteiger partial charge in [-0.25, -0.2) is 4.79 Å². The van der Waals surface area contributed by atoms with Gasteiger partial charge in [-0.2, -0.15) is 0 Å². The number of benzene rings is 2. The molecular formula is C21H21NO7. The summed E-state index contributed by atoms with van der Waals surface area (Å²) in [5.74, 6) is -0.801. The molecule has 1 amide bonds. The highest BCUT2D eigenvalue weighted by molar-refractivity contribution is 5.97. The molecule has 8 nitrogen and oxygen atoms in total. The number of methoxy groups -OCH3 is 1. The van der Waals surface area contributed by atoms with E-state index in [4.69, 9.17) is 14.2 Å². The lowest BCUT2D eigenvalue weighted by molar-refractivity contribution is -0.155. The molecule has 0 aliphatic heterocycles. The molecule has 0 aromatic heterocycles. The monoisotopic (exact) mass is 399 g/mol. The van der Waals surface area contributed by atoms with Crippen molar-refractivity contribution in [1.82, 2.24) is 0 Å². The number of hydrogen-bond donors (Lipinski definition) is 1. The summed E-state index contributed by atoms with van der Waals surface area (Å²) in [5, 5.41) is 2.60. The molecule has 2 aromatic carbocycles. The maximum absolute atomic E-state index is 12.2. The Labute approximate surface area is 167 Å². The number of aldehydes is 1. The van der Waals surface area contributed by atoms with Gasteiger partial charge in [-0.15, -0.1) is 0 Å². The molecule has 0 radical (unpaired) electrons. The van der Waals surface area contributed by atoms with Crippen LogP contribution in [0, 0.1) is 0 Å². The third-order valence-electron chi connectivity index (χ3n) is 3.91. The molecular weight excluding hydrogens is 378 g/mol. The maximum atomic E-state index is 12.2. The molecule has 0 saturated heterocycles. The van der Waals surface area contributed by atoms with Crippen LogP contribution in [0.25, 0.3) is 0 Å². The third-order valence-corrected chi connectivity index (χ3v) is 3.91. The van der Waals surface area contributed by atoms with E-state index in [1.54, 1.807) is 24.3 Å². The van der Waals surface area contributed by atoms with Crippen LogP contribution in [0.1, 0.15) is 34.6 Å². The summed E-state index contributed by atoms with van der Waals surface area (Å²) in [5.41, 5.74) is 1.40. The molecule has 2 aromatic rings. The van der Waals surface area contributed by atoms with Crippen LogP contribution in [0.15, 0.2) is 42.5 Å². The van der Waals surface area contributed by atoms with Crippen LogP contribution in [0.2, 0.25) is 0 Å². The second-order valence-electron chi connectivity index (χ2n) is 6.07. The van der Waals surface area contributed by atoms with Gasteiger partial charge in [-0.3, -0.25) is 14.4 Å². The maximum Gasteiger partial charge on any atom is 0.344 e. The first-order valence-electron chi connectivity index (χ1n) is 8.71. The zero-order valence-electron chi connectivity index (χ0n) is 16.3. The fourth-order valence-electron chi connectivity index (χ4n) is 2.33. The Morgan fingerprint density at radius 2 is 1.76 bits per heavy atom. The number of ether oxygens (including phenoxy) is 3. The number of Topliss-reactive ketones (excluding diaryl/α,β-unsaturated/α-hetero) is 1. The molecule has 1 atom stereocenters. The number of anilines is 1. The Bertz CT molecular complexity index is 906. The minimum Gasteiger partial charge on any atom is -0.493 e. The van der Waals surface area contributed by atoms with Crippen LogP contribution < -0.4 is 14.8 Å². The van der Waals surface area contributed by atoms with E-state index >= 15 is 0 Å². The summed E-state index contributed by atoms with van der Waals surface area (Å²) >= 11 is 0. The number of nitrogens with one attached hydrogen (secondary N) is 1. The third kappa shape index (κ3) is 6.17. The summed E-state index contributed by atoms with van der Waals surface area (Å²) < 4.78 is 15.5. The van der Waals surface area contributed by atoms with Gasteiger partial charge in [0.2, 0.25) is 0 Å². The van der Waals surface area contributed by atoms with E-state index in [1.165, 1.54) is 39.2 Å². The van der Waals surface area contributed by atoms with Crippen LogP contribution in [0.3, 0.4) is 0 Å². The Kier molecular flexibility index (Phi) is 7.47. The Morgan fingerprint density at radius 1 is 1.07 bits per heavy atom. The van der Waals surface area contributed by atoms with Crippen molar-refractivity contribution in [1.29, 1.82) is 0 Å². The quantitative estimate of drug-likeness (QED) is 0.392. The van der Waals surface area contributed by atoms with Gasteiger partial charge in [-0.05, 0) is 56.3 Å². The summed E-state index contributed by atoms with van der Waals surface area (Å²) in [6.45, 7) is 2.43. The molecule has 0 spiro atoms. The molecule has 0 aliphatic carbocycles. The smallest absolute Gasteiger partial charge is 0.344 e. The first-order chi connectivity index (χ1) is 13.8. The van der Waals surface area contributed by atoms with E-state index in [-0.39, 0.29) is 11.5 Å². The lowest BCUT2D eigenvalue weighted by Gasteiger charge is -2.15. The van der Waals surface area contributed by atoms with Gasteiger partial charge >= 0.3 is 5.97 Å². The topological polar surface area (TPSA) is 108 Å². The van der Waals surface area contributed by atoms with E-state index < -0.39 is 24.6 Å². The van der Waals surface area contributed by atoms with E-state index in [1.807, 2.05) is 0 Å². The molecule has 0 bridgehead atoms. The average molecular weight is 399 g/mol. The SMILES string of the molecule is COc1cc(C=O)ccc1OCC(=O)O[C@H](C)C(=O)Nc1ccc(C(C)=O)cc1. The van der Waals surface area contributed by atoms with Crippen molar-refractivity contribution in [3.63, 3.8) is 0 Å². The second-order valence-corrected chi connectivity index (χ2v) is 6.07. The van der Waals surface area contributed by atoms with E-state index in [2.05, 4.69) is 5.32 Å². The molecule has 0 heterocycles. The molecule has 29 heavy (non-hydrogen) atoms. The zero-order valence-corrected chi connectivity index (χ0v) is 16.3. The van der Waals surface area contributed by atoms with Crippen LogP contribution in [-0.4, -0.2) is 43.8 Å². The summed E-state index contributed by atoms with van der Waals surface area (Å²) in [6, 6.07) is 10.8. The van der Waals surface area contributed by atoms with Gasteiger partial charge < -0.3 is 19.5 Å². The summed E-state index contributed by atoms with van der Waals surface area (Å²) in [4.78, 5) is 46.2. The molecule has 8 heteroatoms. The fourth-order valence-corrected chi connectivity index (χ4v) is 2.33. The Balaban J connectivity index is 1.87. The zero-order chi connectivity index (χ0) is 21.4. The predicted octanol–water partition coefficient (Wildman–Crippen LogP) is 2.66. The van der Waals surface area contributed by atoms with Crippen molar-refractivity contribution in [2.75, 3.05) is 19.0 Å². The number of ketones is 1. The number of amides is 1. The van der Waals surface area contributed by atoms with Crippen molar-refractivity contribution >= 4 is 29.6 Å². The second kappa shape index (κ2) is 10.0. The van der Waals surface area contributed by atoms with Crippen molar-refractivity contribution < 1.29 is 33.4 Å². The van der Waals surface area contributed by atoms with Crippen molar-refractivity contribution in [2.45, 2.75) is 20.0 Å². The molecule has 0 aliphatic rings. The fraction of sp³-hybridized carbons (Fsp3) is 0.238. The van der Waals surface area contributed by atoms with Crippen LogP contribution in [0.4, 0.5) is 5.69 Å². The molecule has 0 fully saturated rings. The van der Waals surface area contributed by atoms with E-state index in [0.29, 0.717) is 28.8 Å². The highest BCUT2D eigenvalue weighted by atomic mass is 16.6. The van der Waals surface area contributed by atoms with Gasteiger partial charge in [0.25, 0.3) is 5.91 Å². The standard InChI is InChI=1S/C21H21NO7/c1-13(24)16-5-7-17(8-6-16)22-21(26)14(2)29-20(25)12-28-18-9-4-15(11-23)10-19(18)27-3/h4-11,14H,12H2,1-3H3,(H,22,26)/t14-/m1/s1. The molecule has 0 saturated carbocycles. The average Bonchev–Trinajstić information content (AvgIpc) is 2.72. The van der Waals surface area contributed by atoms with Crippen molar-refractivity contribution in [2.24, 2.45) is 0 Å². The molecule has 1 N–H and O–H groups in total. The molecule has 0 unspecified atom stereocenters. The number of hydrogen-bond acceptors (Lipinski definition) is 7. The van der Waals surface area contributed by atoms with Crippen LogP contribution in [-0.2, 0) is 14.3 Å². The first kappa shape index (κ1) is 21.6. The number of carbonyl (C=O) groups is 4. The number of rotatable bonds is 9. The lowest BCUT2D eigenvalue weighted by atomic mass is 10.1. The molecule has 152 valence electrons. The summed E-state index contributed by atoms with van der Waals surface area (Å²) in [7, 11) is 1.41. The summed E-state index contributed by atoms with van der Waals surface area (Å²) in [6.07, 6.45) is -0.396.